The van der Waals surface area contributed by atoms with Gasteiger partial charge in [-0.05, 0) is 126 Å². The van der Waals surface area contributed by atoms with Gasteiger partial charge in [0.15, 0.2) is 0 Å². The van der Waals surface area contributed by atoms with Crippen LogP contribution in [0.15, 0.2) is 0 Å². The lowest BCUT2D eigenvalue weighted by molar-refractivity contribution is -0.916. The molecule has 0 aromatic carbocycles. The summed E-state index contributed by atoms with van der Waals surface area (Å²) in [6.07, 6.45) is 22.8. The van der Waals surface area contributed by atoms with Crippen molar-refractivity contribution in [2.45, 2.75) is 96.3 Å². The average Bonchev–Trinajstić information content (AvgIpc) is 3.10. The molecule has 15 heterocycles. The summed E-state index contributed by atoms with van der Waals surface area (Å²) >= 11 is 0. The van der Waals surface area contributed by atoms with Crippen molar-refractivity contribution in [1.82, 2.24) is 0 Å². The predicted octanol–water partition coefficient (Wildman–Crippen LogP) is -16.6. The van der Waals surface area contributed by atoms with Gasteiger partial charge in [0.05, 0.1) is 98.2 Å². The topological polar surface area (TPSA) is 22.2 Å². The van der Waals surface area contributed by atoms with Crippen LogP contribution in [0.2, 0.25) is 0 Å². The van der Waals surface area contributed by atoms with E-state index in [1.54, 1.807) is 0 Å². The molecule has 0 aromatic heterocycles. The van der Waals surface area contributed by atoms with Gasteiger partial charge in [0.1, 0.15) is 0 Å². The van der Waals surface area contributed by atoms with E-state index >= 15 is 0 Å². The summed E-state index contributed by atoms with van der Waals surface area (Å²) in [5.41, 5.74) is 0. The molecule has 15 aliphatic heterocycles. The van der Waals surface area contributed by atoms with E-state index in [0.717, 1.165) is 29.6 Å². The van der Waals surface area contributed by atoms with Crippen LogP contribution in [0.4, 0.5) is 0 Å². The number of nitrogens with one attached hydrogen (secondary N) is 5. The van der Waals surface area contributed by atoms with Gasteiger partial charge in [-0.1, -0.05) is 0 Å². The fourth-order valence-corrected chi connectivity index (χ4v) is 10.2. The van der Waals surface area contributed by atoms with Crippen LogP contribution in [0.25, 0.3) is 0 Å². The summed E-state index contributed by atoms with van der Waals surface area (Å²) in [6.45, 7) is 22.2. The molecular weight excluding hydrogens is 1120 g/mol. The van der Waals surface area contributed by atoms with Crippen molar-refractivity contribution in [3.05, 3.63) is 0 Å². The molecule has 0 saturated carbocycles. The van der Waals surface area contributed by atoms with Gasteiger partial charge < -0.3 is 144 Å². The minimum absolute atomic E-state index is 0. The van der Waals surface area contributed by atoms with E-state index in [1.165, 1.54) is 194 Å². The molecule has 15 saturated heterocycles. The molecule has 10 heteroatoms. The third-order valence-corrected chi connectivity index (χ3v) is 13.6. The Balaban J connectivity index is 0.000000274. The smallest absolute Gasteiger partial charge is 0.0773 e. The van der Waals surface area contributed by atoms with Crippen LogP contribution in [-0.2, 0) is 0 Å². The van der Waals surface area contributed by atoms with Gasteiger partial charge in [-0.25, -0.2) is 0 Å². The van der Waals surface area contributed by atoms with Crippen LogP contribution in [0.3, 0.4) is 0 Å². The van der Waals surface area contributed by atoms with Crippen molar-refractivity contribution in [3.8, 4) is 0 Å². The standard InChI is InChI=1S/5C7H13N.5HI/c5*1-4-8-5-2-7(1)3-6-8;;;;;/h5*7H,1-6H2;5*1H. The molecule has 0 aliphatic carbocycles. The van der Waals surface area contributed by atoms with E-state index < -0.39 is 0 Å². The second-order valence-electron chi connectivity index (χ2n) is 16.2. The highest BCUT2D eigenvalue weighted by Crippen LogP contribution is 2.19. The number of quaternary nitrogens is 5. The first kappa shape index (κ1) is 46.5. The Bertz CT molecular complexity index is 459. The van der Waals surface area contributed by atoms with Gasteiger partial charge in [0.2, 0.25) is 0 Å². The van der Waals surface area contributed by atoms with Crippen molar-refractivity contribution in [3.63, 3.8) is 0 Å². The Kier molecular flexibility index (Phi) is 26.3. The lowest BCUT2D eigenvalue weighted by Crippen LogP contribution is -3.14. The van der Waals surface area contributed by atoms with Crippen molar-refractivity contribution in [2.75, 3.05) is 98.2 Å². The highest BCUT2D eigenvalue weighted by molar-refractivity contribution is 4.69. The molecule has 45 heavy (non-hydrogen) atoms. The van der Waals surface area contributed by atoms with Crippen LogP contribution in [0.1, 0.15) is 96.3 Å². The maximum atomic E-state index is 1.87. The second-order valence-corrected chi connectivity index (χ2v) is 16.2. The van der Waals surface area contributed by atoms with Gasteiger partial charge in [-0.15, -0.1) is 0 Å². The van der Waals surface area contributed by atoms with E-state index in [4.69, 9.17) is 0 Å². The number of hydrogen-bond donors (Lipinski definition) is 5. The van der Waals surface area contributed by atoms with E-state index in [9.17, 15) is 0 Å². The van der Waals surface area contributed by atoms with E-state index in [2.05, 4.69) is 0 Å². The molecule has 15 rings (SSSR count). The average molecular weight is 1200 g/mol. The molecule has 270 valence electrons. The molecule has 0 spiro atoms. The fourth-order valence-electron chi connectivity index (χ4n) is 10.2. The van der Waals surface area contributed by atoms with E-state index in [0.29, 0.717) is 0 Å². The first-order valence-corrected chi connectivity index (χ1v) is 18.9. The van der Waals surface area contributed by atoms with Gasteiger partial charge in [0, 0.05) is 0 Å². The Morgan fingerprint density at radius 2 is 0.267 bits per heavy atom. The number of piperidine rings is 15. The fraction of sp³-hybridized carbons (Fsp3) is 1.00. The van der Waals surface area contributed by atoms with Crippen LogP contribution < -0.4 is 144 Å². The summed E-state index contributed by atoms with van der Waals surface area (Å²) < 4.78 is 0. The normalized spacial score (nSPS) is 40.0. The van der Waals surface area contributed by atoms with Gasteiger partial charge in [-0.3, -0.25) is 0 Å². The third kappa shape index (κ3) is 15.9. The molecule has 0 radical (unpaired) electrons. The summed E-state index contributed by atoms with van der Waals surface area (Å²) in [7, 11) is 0. The zero-order chi connectivity index (χ0) is 27.0. The van der Waals surface area contributed by atoms with Gasteiger partial charge in [0.25, 0.3) is 0 Å². The second kappa shape index (κ2) is 25.4. The Morgan fingerprint density at radius 3 is 0.289 bits per heavy atom. The molecule has 15 aliphatic rings. The lowest BCUT2D eigenvalue weighted by atomic mass is 9.89. The van der Waals surface area contributed by atoms with Crippen molar-refractivity contribution < 1.29 is 144 Å². The number of rotatable bonds is 0. The van der Waals surface area contributed by atoms with E-state index in [-0.39, 0.29) is 120 Å². The van der Waals surface area contributed by atoms with Crippen molar-refractivity contribution in [1.29, 1.82) is 0 Å². The van der Waals surface area contributed by atoms with Gasteiger partial charge >= 0.3 is 0 Å². The van der Waals surface area contributed by atoms with Crippen LogP contribution in [0, 0.1) is 29.6 Å². The zero-order valence-electron chi connectivity index (χ0n) is 28.5. The minimum Gasteiger partial charge on any atom is -1.00 e. The summed E-state index contributed by atoms with van der Waals surface area (Å²) in [6, 6.07) is 0. The Hall–Kier alpha value is 3.45. The molecule has 10 bridgehead atoms. The van der Waals surface area contributed by atoms with Crippen LogP contribution in [-0.4, -0.2) is 98.2 Å². The minimum atomic E-state index is 0. The van der Waals surface area contributed by atoms with Crippen molar-refractivity contribution in [2.24, 2.45) is 29.6 Å². The predicted molar refractivity (Wildman–Crippen MR) is 165 cm³/mol. The summed E-state index contributed by atoms with van der Waals surface area (Å²) in [5, 5.41) is 0. The number of hydrogen-bond acceptors (Lipinski definition) is 0. The zero-order valence-corrected chi connectivity index (χ0v) is 39.3. The Morgan fingerprint density at radius 1 is 0.178 bits per heavy atom. The maximum absolute atomic E-state index is 1.87. The number of halogens is 5. The highest BCUT2D eigenvalue weighted by Gasteiger charge is 2.31. The highest BCUT2D eigenvalue weighted by atomic mass is 127. The molecule has 0 atom stereocenters. The Labute approximate surface area is 364 Å². The third-order valence-electron chi connectivity index (χ3n) is 13.6. The molecule has 5 nitrogen and oxygen atoms in total. The van der Waals surface area contributed by atoms with Crippen LogP contribution in [0.5, 0.6) is 0 Å². The quantitative estimate of drug-likeness (QED) is 0.149. The molecule has 15 fully saturated rings. The maximum Gasteiger partial charge on any atom is 0.0773 e. The van der Waals surface area contributed by atoms with Gasteiger partial charge in [-0.2, -0.15) is 0 Å². The van der Waals surface area contributed by atoms with Crippen molar-refractivity contribution >= 4 is 0 Å². The molecular formula is C35H70I5N5. The largest absolute Gasteiger partial charge is 1.00 e. The summed E-state index contributed by atoms with van der Waals surface area (Å²) in [5.74, 6) is 5.66. The molecule has 5 N–H and O–H groups in total. The monoisotopic (exact) mass is 1200 g/mol. The van der Waals surface area contributed by atoms with E-state index in [1.807, 2.05) is 24.5 Å². The van der Waals surface area contributed by atoms with Crippen LogP contribution >= 0.6 is 0 Å². The summed E-state index contributed by atoms with van der Waals surface area (Å²) in [4.78, 5) is 9.34. The molecule has 0 amide bonds. The first-order valence-electron chi connectivity index (χ1n) is 18.9. The first-order chi connectivity index (χ1) is 19.7. The SMILES string of the molecule is C1C[NH+]2CCC1CC2.C1C[NH+]2CCC1CC2.C1C[NH+]2CCC1CC2.C1C[NH+]2CCC1CC2.C1C[NH+]2CCC1CC2.[I-].[I-].[I-].[I-].[I-]. The lowest BCUT2D eigenvalue weighted by Gasteiger charge is -2.35. The number of fused-ring (bicyclic) bond motifs is 15. The molecule has 0 unspecified atom stereocenters. The molecule has 0 aromatic rings.